The molecule has 1 aliphatic rings. The molecule has 27 heavy (non-hydrogen) atoms. The van der Waals surface area contributed by atoms with Crippen LogP contribution in [-0.2, 0) is 16.1 Å². The molecule has 0 radical (unpaired) electrons. The van der Waals surface area contributed by atoms with E-state index in [9.17, 15) is 9.59 Å². The van der Waals surface area contributed by atoms with Crippen molar-refractivity contribution in [2.45, 2.75) is 25.5 Å². The van der Waals surface area contributed by atoms with E-state index in [2.05, 4.69) is 15.6 Å². The summed E-state index contributed by atoms with van der Waals surface area (Å²) in [4.78, 5) is 29.8. The molecule has 2 N–H and O–H groups in total. The Labute approximate surface area is 158 Å². The van der Waals surface area contributed by atoms with Crippen LogP contribution in [0.3, 0.4) is 0 Å². The number of carbonyl (C=O) groups excluding carboxylic acids is 2. The average molecular weight is 368 g/mol. The maximum absolute atomic E-state index is 12.1. The van der Waals surface area contributed by atoms with E-state index in [1.165, 1.54) is 4.90 Å². The molecule has 0 saturated carbocycles. The summed E-state index contributed by atoms with van der Waals surface area (Å²) in [6.07, 6.45) is 2.90. The van der Waals surface area contributed by atoms with Crippen LogP contribution in [0.4, 0.5) is 11.5 Å². The van der Waals surface area contributed by atoms with E-state index in [4.69, 9.17) is 4.74 Å². The summed E-state index contributed by atoms with van der Waals surface area (Å²) < 4.78 is 5.40. The first-order valence-electron chi connectivity index (χ1n) is 8.96. The van der Waals surface area contributed by atoms with Gasteiger partial charge < -0.3 is 20.3 Å². The highest BCUT2D eigenvalue weighted by Gasteiger charge is 2.23. The van der Waals surface area contributed by atoms with Gasteiger partial charge in [0.2, 0.25) is 0 Å². The van der Waals surface area contributed by atoms with E-state index in [0.717, 1.165) is 24.1 Å². The van der Waals surface area contributed by atoms with Crippen molar-refractivity contribution in [2.24, 2.45) is 0 Å². The SMILES string of the molecule is CN(C)C(=O)c1ccc(NCc2cccc(NC(=O)[C@@H]3CCCO3)c2)nc1. The lowest BCUT2D eigenvalue weighted by atomic mass is 10.2. The van der Waals surface area contributed by atoms with Crippen LogP contribution in [0.5, 0.6) is 0 Å². The zero-order valence-electron chi connectivity index (χ0n) is 15.6. The molecule has 1 atom stereocenters. The van der Waals surface area contributed by atoms with Crippen LogP contribution in [0, 0.1) is 0 Å². The number of benzene rings is 1. The maximum atomic E-state index is 12.1. The van der Waals surface area contributed by atoms with E-state index in [1.54, 1.807) is 32.4 Å². The van der Waals surface area contributed by atoms with Crippen LogP contribution in [0.25, 0.3) is 0 Å². The van der Waals surface area contributed by atoms with Gasteiger partial charge in [-0.1, -0.05) is 12.1 Å². The molecule has 1 fully saturated rings. The number of amides is 2. The van der Waals surface area contributed by atoms with E-state index < -0.39 is 0 Å². The number of anilines is 2. The van der Waals surface area contributed by atoms with E-state index >= 15 is 0 Å². The molecule has 2 heterocycles. The maximum Gasteiger partial charge on any atom is 0.254 e. The molecule has 7 nitrogen and oxygen atoms in total. The Balaban J connectivity index is 1.56. The largest absolute Gasteiger partial charge is 0.368 e. The van der Waals surface area contributed by atoms with Crippen molar-refractivity contribution in [3.8, 4) is 0 Å². The summed E-state index contributed by atoms with van der Waals surface area (Å²) in [6, 6.07) is 11.2. The first kappa shape index (κ1) is 18.8. The Morgan fingerprint density at radius 1 is 1.26 bits per heavy atom. The van der Waals surface area contributed by atoms with Crippen LogP contribution in [-0.4, -0.2) is 48.5 Å². The van der Waals surface area contributed by atoms with Gasteiger partial charge in [0.1, 0.15) is 11.9 Å². The lowest BCUT2D eigenvalue weighted by molar-refractivity contribution is -0.124. The monoisotopic (exact) mass is 368 g/mol. The smallest absolute Gasteiger partial charge is 0.254 e. The number of pyridine rings is 1. The second-order valence-electron chi connectivity index (χ2n) is 6.68. The summed E-state index contributed by atoms with van der Waals surface area (Å²) in [5.41, 5.74) is 2.30. The number of hydrogen-bond donors (Lipinski definition) is 2. The molecule has 2 aromatic rings. The fraction of sp³-hybridized carbons (Fsp3) is 0.350. The molecule has 1 aromatic carbocycles. The number of hydrogen-bond acceptors (Lipinski definition) is 5. The second kappa shape index (κ2) is 8.64. The lowest BCUT2D eigenvalue weighted by Gasteiger charge is -2.12. The summed E-state index contributed by atoms with van der Waals surface area (Å²) in [5.74, 6) is 0.503. The fourth-order valence-corrected chi connectivity index (χ4v) is 2.84. The van der Waals surface area contributed by atoms with Crippen LogP contribution in [0.1, 0.15) is 28.8 Å². The molecule has 0 unspecified atom stereocenters. The van der Waals surface area contributed by atoms with E-state index in [0.29, 0.717) is 24.5 Å². The topological polar surface area (TPSA) is 83.6 Å². The quantitative estimate of drug-likeness (QED) is 0.819. The molecule has 0 spiro atoms. The first-order valence-corrected chi connectivity index (χ1v) is 8.96. The molecular weight excluding hydrogens is 344 g/mol. The highest BCUT2D eigenvalue weighted by Crippen LogP contribution is 2.17. The molecule has 142 valence electrons. The highest BCUT2D eigenvalue weighted by molar-refractivity contribution is 5.94. The Morgan fingerprint density at radius 3 is 2.78 bits per heavy atom. The van der Waals surface area contributed by atoms with Gasteiger partial charge in [-0.15, -0.1) is 0 Å². The van der Waals surface area contributed by atoms with Crippen molar-refractivity contribution < 1.29 is 14.3 Å². The molecule has 3 rings (SSSR count). The second-order valence-corrected chi connectivity index (χ2v) is 6.68. The molecule has 1 aromatic heterocycles. The minimum Gasteiger partial charge on any atom is -0.368 e. The van der Waals surface area contributed by atoms with E-state index in [-0.39, 0.29) is 17.9 Å². The zero-order valence-corrected chi connectivity index (χ0v) is 15.6. The highest BCUT2D eigenvalue weighted by atomic mass is 16.5. The van der Waals surface area contributed by atoms with Crippen molar-refractivity contribution in [3.05, 3.63) is 53.7 Å². The van der Waals surface area contributed by atoms with Crippen molar-refractivity contribution in [1.82, 2.24) is 9.88 Å². The predicted octanol–water partition coefficient (Wildman–Crippen LogP) is 2.51. The normalized spacial score (nSPS) is 16.0. The third-order valence-electron chi connectivity index (χ3n) is 4.31. The van der Waals surface area contributed by atoms with Crippen molar-refractivity contribution in [1.29, 1.82) is 0 Å². The van der Waals surface area contributed by atoms with Gasteiger partial charge in [-0.3, -0.25) is 9.59 Å². The van der Waals surface area contributed by atoms with Crippen LogP contribution < -0.4 is 10.6 Å². The van der Waals surface area contributed by atoms with Gasteiger partial charge in [-0.25, -0.2) is 4.98 Å². The van der Waals surface area contributed by atoms with Gasteiger partial charge in [0.15, 0.2) is 0 Å². The number of nitrogens with zero attached hydrogens (tertiary/aromatic N) is 2. The minimum atomic E-state index is -0.348. The van der Waals surface area contributed by atoms with Gasteiger partial charge in [0, 0.05) is 39.1 Å². The zero-order chi connectivity index (χ0) is 19.2. The van der Waals surface area contributed by atoms with Crippen molar-refractivity contribution >= 4 is 23.3 Å². The first-order chi connectivity index (χ1) is 13.0. The molecular formula is C20H24N4O3. The Kier molecular flexibility index (Phi) is 6.03. The van der Waals surface area contributed by atoms with Crippen molar-refractivity contribution in [2.75, 3.05) is 31.3 Å². The van der Waals surface area contributed by atoms with Crippen LogP contribution in [0.15, 0.2) is 42.6 Å². The Morgan fingerprint density at radius 2 is 2.11 bits per heavy atom. The number of nitrogens with one attached hydrogen (secondary N) is 2. The standard InChI is InChI=1S/C20H24N4O3/c1-24(2)20(26)15-8-9-18(22-13-15)21-12-14-5-3-6-16(11-14)23-19(25)17-7-4-10-27-17/h3,5-6,8-9,11,13,17H,4,7,10,12H2,1-2H3,(H,21,22)(H,23,25)/t17-/m0/s1. The van der Waals surface area contributed by atoms with E-state index in [1.807, 2.05) is 24.3 Å². The molecule has 0 aliphatic carbocycles. The predicted molar refractivity (Wildman–Crippen MR) is 104 cm³/mol. The third-order valence-corrected chi connectivity index (χ3v) is 4.31. The summed E-state index contributed by atoms with van der Waals surface area (Å²) in [6.45, 7) is 1.20. The van der Waals surface area contributed by atoms with Crippen LogP contribution >= 0.6 is 0 Å². The number of carbonyl (C=O) groups is 2. The number of ether oxygens (including phenoxy) is 1. The number of aromatic nitrogens is 1. The molecule has 0 bridgehead atoms. The summed E-state index contributed by atoms with van der Waals surface area (Å²) in [7, 11) is 3.41. The van der Waals surface area contributed by atoms with Gasteiger partial charge in [-0.2, -0.15) is 0 Å². The Bertz CT molecular complexity index is 799. The molecule has 2 amide bonds. The Hall–Kier alpha value is -2.93. The average Bonchev–Trinajstić information content (AvgIpc) is 3.21. The molecule has 1 saturated heterocycles. The van der Waals surface area contributed by atoms with Gasteiger partial charge >= 0.3 is 0 Å². The summed E-state index contributed by atoms with van der Waals surface area (Å²) >= 11 is 0. The van der Waals surface area contributed by atoms with Gasteiger partial charge in [-0.05, 0) is 42.7 Å². The summed E-state index contributed by atoms with van der Waals surface area (Å²) in [5, 5.41) is 6.12. The van der Waals surface area contributed by atoms with Crippen molar-refractivity contribution in [3.63, 3.8) is 0 Å². The molecule has 7 heteroatoms. The van der Waals surface area contributed by atoms with Gasteiger partial charge in [0.05, 0.1) is 5.56 Å². The third kappa shape index (κ3) is 5.04. The minimum absolute atomic E-state index is 0.0799. The molecule has 1 aliphatic heterocycles. The fourth-order valence-electron chi connectivity index (χ4n) is 2.84. The van der Waals surface area contributed by atoms with Crippen LogP contribution in [0.2, 0.25) is 0 Å². The lowest BCUT2D eigenvalue weighted by Crippen LogP contribution is -2.26. The number of rotatable bonds is 6. The van der Waals surface area contributed by atoms with Gasteiger partial charge in [0.25, 0.3) is 11.8 Å².